The summed E-state index contributed by atoms with van der Waals surface area (Å²) in [4.78, 5) is 3.86. The molecule has 0 bridgehead atoms. The van der Waals surface area contributed by atoms with Crippen molar-refractivity contribution in [3.8, 4) is 6.19 Å². The highest BCUT2D eigenvalue weighted by Gasteiger charge is 2.42. The molecule has 1 aromatic carbocycles. The molecule has 1 aliphatic rings. The quantitative estimate of drug-likeness (QED) is 0.420. The number of nitriles is 1. The zero-order valence-electron chi connectivity index (χ0n) is 15.2. The van der Waals surface area contributed by atoms with Gasteiger partial charge in [0.25, 0.3) is 0 Å². The van der Waals surface area contributed by atoms with Crippen molar-refractivity contribution in [3.63, 3.8) is 0 Å². The molecule has 0 aliphatic carbocycles. The van der Waals surface area contributed by atoms with Crippen LogP contribution in [0.2, 0.25) is 5.02 Å². The van der Waals surface area contributed by atoms with Crippen LogP contribution in [0.15, 0.2) is 29.3 Å². The summed E-state index contributed by atoms with van der Waals surface area (Å²) < 4.78 is 0. The van der Waals surface area contributed by atoms with E-state index in [2.05, 4.69) is 15.6 Å². The summed E-state index contributed by atoms with van der Waals surface area (Å²) in [6.07, 6.45) is 4.24. The second-order valence-corrected chi connectivity index (χ2v) is 8.15. The minimum atomic E-state index is -0.393. The van der Waals surface area contributed by atoms with E-state index in [0.29, 0.717) is 11.0 Å². The molecule has 2 rings (SSSR count). The molecule has 1 heterocycles. The first-order valence-electron chi connectivity index (χ1n) is 8.39. The number of hydrogen-bond acceptors (Lipinski definition) is 4. The van der Waals surface area contributed by atoms with Gasteiger partial charge in [0.1, 0.15) is 0 Å². The van der Waals surface area contributed by atoms with Crippen molar-refractivity contribution >= 4 is 23.2 Å². The highest BCUT2D eigenvalue weighted by atomic mass is 35.5. The van der Waals surface area contributed by atoms with Gasteiger partial charge in [0.2, 0.25) is 12.2 Å². The number of hydrogen-bond donors (Lipinski definition) is 3. The Morgan fingerprint density at radius 2 is 1.92 bits per heavy atom. The SMILES string of the molecule is CC1(C)CCC(NC(=NC#N)Nc2ccc(Cl)cc2)CC(C)(C)N1O. The van der Waals surface area contributed by atoms with Gasteiger partial charge in [-0.3, -0.25) is 0 Å². The minimum absolute atomic E-state index is 0.0818. The number of halogens is 1. The Labute approximate surface area is 154 Å². The molecule has 0 saturated carbocycles. The third kappa shape index (κ3) is 5.08. The van der Waals surface area contributed by atoms with Crippen molar-refractivity contribution in [2.75, 3.05) is 5.32 Å². The maximum Gasteiger partial charge on any atom is 0.211 e. The number of nitrogens with one attached hydrogen (secondary N) is 2. The third-order valence-electron chi connectivity index (χ3n) is 4.61. The van der Waals surface area contributed by atoms with E-state index in [1.807, 2.05) is 46.0 Å². The van der Waals surface area contributed by atoms with Crippen molar-refractivity contribution in [2.45, 2.75) is 64.1 Å². The van der Waals surface area contributed by atoms with Crippen LogP contribution in [0.3, 0.4) is 0 Å². The van der Waals surface area contributed by atoms with Crippen molar-refractivity contribution in [2.24, 2.45) is 4.99 Å². The maximum absolute atomic E-state index is 10.6. The molecule has 1 aliphatic heterocycles. The molecule has 3 N–H and O–H groups in total. The predicted molar refractivity (Wildman–Crippen MR) is 101 cm³/mol. The average Bonchev–Trinajstić information content (AvgIpc) is 2.60. The van der Waals surface area contributed by atoms with Crippen LogP contribution in [0.1, 0.15) is 47.0 Å². The number of anilines is 1. The van der Waals surface area contributed by atoms with E-state index in [9.17, 15) is 5.21 Å². The largest absolute Gasteiger partial charge is 0.352 e. The molecule has 1 atom stereocenters. The zero-order valence-corrected chi connectivity index (χ0v) is 15.9. The van der Waals surface area contributed by atoms with Crippen LogP contribution in [0.5, 0.6) is 0 Å². The Balaban J connectivity index is 2.12. The van der Waals surface area contributed by atoms with E-state index in [4.69, 9.17) is 16.9 Å². The summed E-state index contributed by atoms with van der Waals surface area (Å²) in [5.74, 6) is 0.398. The molecular formula is C18H26ClN5O. The van der Waals surface area contributed by atoms with Gasteiger partial charge < -0.3 is 15.8 Å². The molecule has 0 radical (unpaired) electrons. The van der Waals surface area contributed by atoms with E-state index in [-0.39, 0.29) is 11.6 Å². The van der Waals surface area contributed by atoms with Gasteiger partial charge in [0, 0.05) is 27.8 Å². The molecule has 1 unspecified atom stereocenters. The maximum atomic E-state index is 10.6. The molecule has 0 aromatic heterocycles. The number of aliphatic imine (C=N–C) groups is 1. The van der Waals surface area contributed by atoms with Crippen LogP contribution in [0.25, 0.3) is 0 Å². The van der Waals surface area contributed by atoms with Gasteiger partial charge in [-0.25, -0.2) is 0 Å². The predicted octanol–water partition coefficient (Wildman–Crippen LogP) is 3.98. The number of nitrogens with zero attached hydrogens (tertiary/aromatic N) is 3. The topological polar surface area (TPSA) is 83.7 Å². The highest BCUT2D eigenvalue weighted by Crippen LogP contribution is 2.35. The van der Waals surface area contributed by atoms with Crippen LogP contribution in [-0.2, 0) is 0 Å². The van der Waals surface area contributed by atoms with Crippen molar-refractivity contribution in [1.29, 1.82) is 5.26 Å². The van der Waals surface area contributed by atoms with E-state index in [1.54, 1.807) is 12.1 Å². The summed E-state index contributed by atoms with van der Waals surface area (Å²) in [5.41, 5.74) is 0.0917. The normalized spacial score (nSPS) is 23.4. The molecule has 6 nitrogen and oxygen atoms in total. The number of guanidine groups is 1. The van der Waals surface area contributed by atoms with Crippen LogP contribution in [0.4, 0.5) is 5.69 Å². The molecule has 1 saturated heterocycles. The summed E-state index contributed by atoms with van der Waals surface area (Å²) in [5, 5.41) is 28.1. The van der Waals surface area contributed by atoms with Gasteiger partial charge in [0.05, 0.1) is 0 Å². The van der Waals surface area contributed by atoms with Crippen LogP contribution in [-0.4, -0.2) is 33.3 Å². The smallest absolute Gasteiger partial charge is 0.211 e. The average molecular weight is 364 g/mol. The second kappa shape index (κ2) is 7.61. The molecule has 136 valence electrons. The third-order valence-corrected chi connectivity index (χ3v) is 4.86. The molecule has 7 heteroatoms. The van der Waals surface area contributed by atoms with Crippen LogP contribution in [0, 0.1) is 11.5 Å². The summed E-state index contributed by atoms with van der Waals surface area (Å²) in [7, 11) is 0. The number of hydroxylamine groups is 2. The monoisotopic (exact) mass is 363 g/mol. The first-order chi connectivity index (χ1) is 11.6. The molecule has 25 heavy (non-hydrogen) atoms. The molecule has 0 spiro atoms. The molecular weight excluding hydrogens is 338 g/mol. The summed E-state index contributed by atoms with van der Waals surface area (Å²) in [6, 6.07) is 7.28. The lowest BCUT2D eigenvalue weighted by Crippen LogP contribution is -2.53. The van der Waals surface area contributed by atoms with Crippen molar-refractivity contribution in [3.05, 3.63) is 29.3 Å². The summed E-state index contributed by atoms with van der Waals surface area (Å²) >= 11 is 5.90. The van der Waals surface area contributed by atoms with Crippen molar-refractivity contribution < 1.29 is 5.21 Å². The zero-order chi connectivity index (χ0) is 18.7. The fourth-order valence-corrected chi connectivity index (χ4v) is 3.50. The lowest BCUT2D eigenvalue weighted by molar-refractivity contribution is -0.221. The van der Waals surface area contributed by atoms with Gasteiger partial charge in [-0.15, -0.1) is 4.99 Å². The van der Waals surface area contributed by atoms with Gasteiger partial charge >= 0.3 is 0 Å². The minimum Gasteiger partial charge on any atom is -0.352 e. The Hall–Kier alpha value is -1.81. The molecule has 0 amide bonds. The molecule has 1 aromatic rings. The van der Waals surface area contributed by atoms with E-state index >= 15 is 0 Å². The van der Waals surface area contributed by atoms with E-state index < -0.39 is 5.54 Å². The lowest BCUT2D eigenvalue weighted by atomic mass is 9.94. The fourth-order valence-electron chi connectivity index (χ4n) is 3.38. The Morgan fingerprint density at radius 1 is 1.28 bits per heavy atom. The van der Waals surface area contributed by atoms with Gasteiger partial charge in [0.15, 0.2) is 0 Å². The first kappa shape index (κ1) is 19.5. The first-order valence-corrected chi connectivity index (χ1v) is 8.77. The van der Waals surface area contributed by atoms with Crippen LogP contribution < -0.4 is 10.6 Å². The number of rotatable bonds is 2. The Bertz CT molecular complexity index is 663. The van der Waals surface area contributed by atoms with Gasteiger partial charge in [-0.05, 0) is 71.2 Å². The summed E-state index contributed by atoms with van der Waals surface area (Å²) in [6.45, 7) is 8.10. The lowest BCUT2D eigenvalue weighted by Gasteiger charge is -2.42. The second-order valence-electron chi connectivity index (χ2n) is 7.71. The van der Waals surface area contributed by atoms with Crippen LogP contribution >= 0.6 is 11.6 Å². The Morgan fingerprint density at radius 3 is 2.52 bits per heavy atom. The number of benzene rings is 1. The standard InChI is InChI=1S/C18H26ClN5O/c1-17(2)10-9-15(11-18(3,4)24(17)25)23-16(21-12-20)22-14-7-5-13(19)6-8-14/h5-8,15,25H,9-11H2,1-4H3,(H2,21,22,23). The van der Waals surface area contributed by atoms with Gasteiger partial charge in [-0.1, -0.05) is 11.6 Å². The fraction of sp³-hybridized carbons (Fsp3) is 0.556. The van der Waals surface area contributed by atoms with E-state index in [0.717, 1.165) is 24.9 Å². The van der Waals surface area contributed by atoms with E-state index in [1.165, 1.54) is 5.06 Å². The van der Waals surface area contributed by atoms with Gasteiger partial charge in [-0.2, -0.15) is 10.3 Å². The van der Waals surface area contributed by atoms with Crippen molar-refractivity contribution in [1.82, 2.24) is 10.4 Å². The highest BCUT2D eigenvalue weighted by molar-refractivity contribution is 6.30. The Kier molecular flexibility index (Phi) is 5.94. The molecule has 1 fully saturated rings.